The van der Waals surface area contributed by atoms with E-state index in [2.05, 4.69) is 4.98 Å². The van der Waals surface area contributed by atoms with Gasteiger partial charge in [0.05, 0.1) is 5.69 Å². The number of nitrogens with zero attached hydrogens (tertiary/aromatic N) is 1. The van der Waals surface area contributed by atoms with Gasteiger partial charge in [0, 0.05) is 23.3 Å². The summed E-state index contributed by atoms with van der Waals surface area (Å²) >= 11 is 5.81. The summed E-state index contributed by atoms with van der Waals surface area (Å²) in [4.78, 5) is 4.33. The molecule has 2 nitrogen and oxygen atoms in total. The Kier molecular flexibility index (Phi) is 7.16. The summed E-state index contributed by atoms with van der Waals surface area (Å²) < 4.78 is 0. The van der Waals surface area contributed by atoms with Gasteiger partial charge in [-0.3, -0.25) is 4.98 Å². The molecule has 0 unspecified atom stereocenters. The number of aromatic nitrogens is 1. The number of hydrogen-bond acceptors (Lipinski definition) is 2. The second kappa shape index (κ2) is 7.51. The topological polar surface area (TPSA) is 38.9 Å². The zero-order valence-corrected chi connectivity index (χ0v) is 11.4. The molecule has 0 bridgehead atoms. The Morgan fingerprint density at radius 3 is 2.12 bits per heavy atom. The van der Waals surface area contributed by atoms with Crippen molar-refractivity contribution in [1.82, 2.24) is 4.98 Å². The lowest BCUT2D eigenvalue weighted by atomic mass is 10.1. The summed E-state index contributed by atoms with van der Waals surface area (Å²) in [6, 6.07) is 11.6. The summed E-state index contributed by atoms with van der Waals surface area (Å²) in [5.41, 5.74) is 8.53. The van der Waals surface area contributed by atoms with Gasteiger partial charge in [-0.2, -0.15) is 0 Å². The molecule has 0 aliphatic rings. The number of rotatable bonds is 2. The maximum Gasteiger partial charge on any atom is 0.0702 e. The van der Waals surface area contributed by atoms with Crippen LogP contribution in [0, 0.1) is 0 Å². The quantitative estimate of drug-likeness (QED) is 0.916. The van der Waals surface area contributed by atoms with Crippen LogP contribution in [0.5, 0.6) is 0 Å². The van der Waals surface area contributed by atoms with E-state index in [0.717, 1.165) is 21.8 Å². The van der Waals surface area contributed by atoms with Crippen LogP contribution in [-0.2, 0) is 6.54 Å². The summed E-state index contributed by atoms with van der Waals surface area (Å²) in [5.74, 6) is 0. The van der Waals surface area contributed by atoms with E-state index >= 15 is 0 Å². The Morgan fingerprint density at radius 1 is 1.00 bits per heavy atom. The van der Waals surface area contributed by atoms with E-state index in [1.54, 1.807) is 6.20 Å². The highest BCUT2D eigenvalue weighted by atomic mass is 35.5. The lowest BCUT2D eigenvalue weighted by Gasteiger charge is -2.01. The highest BCUT2D eigenvalue weighted by Crippen LogP contribution is 2.19. The normalized spacial score (nSPS) is 9.06. The number of hydrogen-bond donors (Lipinski definition) is 1. The van der Waals surface area contributed by atoms with E-state index in [4.69, 9.17) is 17.3 Å². The van der Waals surface area contributed by atoms with E-state index in [1.165, 1.54) is 0 Å². The monoisotopic (exact) mass is 290 g/mol. The standard InChI is InChI=1S/C12H11ClN2.2ClH/c13-11-4-2-10(3-5-11)12-6-1-9(7-14)8-15-12;;/h1-6,8H,7,14H2;2*1H. The fraction of sp³-hybridized carbons (Fsp3) is 0.0833. The van der Waals surface area contributed by atoms with Gasteiger partial charge in [0.2, 0.25) is 0 Å². The van der Waals surface area contributed by atoms with Crippen molar-refractivity contribution in [2.24, 2.45) is 5.73 Å². The minimum Gasteiger partial charge on any atom is -0.326 e. The van der Waals surface area contributed by atoms with Gasteiger partial charge in [0.1, 0.15) is 0 Å². The van der Waals surface area contributed by atoms with E-state index in [-0.39, 0.29) is 24.8 Å². The molecule has 92 valence electrons. The first-order valence-electron chi connectivity index (χ1n) is 4.70. The van der Waals surface area contributed by atoms with Crippen molar-refractivity contribution in [1.29, 1.82) is 0 Å². The molecule has 5 heteroatoms. The molecule has 0 amide bonds. The minimum absolute atomic E-state index is 0. The first kappa shape index (κ1) is 16.2. The Balaban J connectivity index is 0.00000128. The molecule has 0 radical (unpaired) electrons. The average molecular weight is 292 g/mol. The van der Waals surface area contributed by atoms with Crippen LogP contribution in [0.2, 0.25) is 5.02 Å². The SMILES string of the molecule is Cl.Cl.NCc1ccc(-c2ccc(Cl)cc2)nc1. The maximum atomic E-state index is 5.81. The van der Waals surface area contributed by atoms with Gasteiger partial charge in [-0.25, -0.2) is 0 Å². The van der Waals surface area contributed by atoms with Crippen molar-refractivity contribution >= 4 is 36.4 Å². The third kappa shape index (κ3) is 4.17. The van der Waals surface area contributed by atoms with Gasteiger partial charge < -0.3 is 5.73 Å². The summed E-state index contributed by atoms with van der Waals surface area (Å²) in [5, 5.41) is 0.734. The third-order valence-corrected chi connectivity index (χ3v) is 2.45. The molecule has 0 saturated carbocycles. The molecule has 1 heterocycles. The van der Waals surface area contributed by atoms with Crippen molar-refractivity contribution < 1.29 is 0 Å². The summed E-state index contributed by atoms with van der Waals surface area (Å²) in [7, 11) is 0. The molecule has 2 N–H and O–H groups in total. The van der Waals surface area contributed by atoms with Crippen LogP contribution in [0.3, 0.4) is 0 Å². The first-order valence-corrected chi connectivity index (χ1v) is 5.08. The Bertz CT molecular complexity index is 440. The minimum atomic E-state index is 0. The van der Waals surface area contributed by atoms with Gasteiger partial charge in [0.15, 0.2) is 0 Å². The van der Waals surface area contributed by atoms with Crippen molar-refractivity contribution in [3.8, 4) is 11.3 Å². The second-order valence-corrected chi connectivity index (χ2v) is 3.70. The Morgan fingerprint density at radius 2 is 1.65 bits per heavy atom. The van der Waals surface area contributed by atoms with Gasteiger partial charge >= 0.3 is 0 Å². The van der Waals surface area contributed by atoms with Crippen LogP contribution in [0.25, 0.3) is 11.3 Å². The van der Waals surface area contributed by atoms with Crippen LogP contribution in [-0.4, -0.2) is 4.98 Å². The molecule has 17 heavy (non-hydrogen) atoms. The van der Waals surface area contributed by atoms with Gasteiger partial charge in [-0.15, -0.1) is 24.8 Å². The maximum absolute atomic E-state index is 5.81. The number of nitrogens with two attached hydrogens (primary N) is 1. The first-order chi connectivity index (χ1) is 7.29. The third-order valence-electron chi connectivity index (χ3n) is 2.20. The second-order valence-electron chi connectivity index (χ2n) is 3.26. The van der Waals surface area contributed by atoms with Crippen LogP contribution in [0.4, 0.5) is 0 Å². The highest BCUT2D eigenvalue weighted by molar-refractivity contribution is 6.30. The van der Waals surface area contributed by atoms with Crippen molar-refractivity contribution in [2.45, 2.75) is 6.54 Å². The predicted molar refractivity (Wildman–Crippen MR) is 77.1 cm³/mol. The van der Waals surface area contributed by atoms with Crippen molar-refractivity contribution in [2.75, 3.05) is 0 Å². The fourth-order valence-corrected chi connectivity index (χ4v) is 1.46. The predicted octanol–water partition coefficient (Wildman–Crippen LogP) is 3.70. The van der Waals surface area contributed by atoms with Gasteiger partial charge in [0.25, 0.3) is 0 Å². The van der Waals surface area contributed by atoms with Gasteiger partial charge in [-0.1, -0.05) is 29.8 Å². The van der Waals surface area contributed by atoms with E-state index in [0.29, 0.717) is 6.54 Å². The van der Waals surface area contributed by atoms with Crippen molar-refractivity contribution in [3.63, 3.8) is 0 Å². The lowest BCUT2D eigenvalue weighted by molar-refractivity contribution is 1.05. The molecule has 1 aromatic heterocycles. The summed E-state index contributed by atoms with van der Waals surface area (Å²) in [6.07, 6.45) is 1.80. The average Bonchev–Trinajstić information content (AvgIpc) is 2.30. The smallest absolute Gasteiger partial charge is 0.0702 e. The fourth-order valence-electron chi connectivity index (χ4n) is 1.34. The number of benzene rings is 1. The molecule has 0 aliphatic heterocycles. The molecule has 0 atom stereocenters. The Labute approximate surface area is 118 Å². The van der Waals surface area contributed by atoms with Crippen LogP contribution < -0.4 is 5.73 Å². The van der Waals surface area contributed by atoms with Gasteiger partial charge in [-0.05, 0) is 23.8 Å². The molecule has 0 saturated heterocycles. The van der Waals surface area contributed by atoms with E-state index in [9.17, 15) is 0 Å². The van der Waals surface area contributed by atoms with Crippen LogP contribution in [0.15, 0.2) is 42.6 Å². The highest BCUT2D eigenvalue weighted by Gasteiger charge is 1.98. The molecule has 0 spiro atoms. The zero-order chi connectivity index (χ0) is 10.7. The number of halogens is 3. The molecule has 0 aliphatic carbocycles. The lowest BCUT2D eigenvalue weighted by Crippen LogP contribution is -1.96. The van der Waals surface area contributed by atoms with E-state index in [1.807, 2.05) is 36.4 Å². The van der Waals surface area contributed by atoms with Crippen LogP contribution in [0.1, 0.15) is 5.56 Å². The summed E-state index contributed by atoms with van der Waals surface area (Å²) in [6.45, 7) is 0.522. The van der Waals surface area contributed by atoms with Crippen molar-refractivity contribution in [3.05, 3.63) is 53.2 Å². The molecule has 2 aromatic rings. The van der Waals surface area contributed by atoms with Crippen LogP contribution >= 0.6 is 36.4 Å². The molecule has 0 fully saturated rings. The molecule has 1 aromatic carbocycles. The zero-order valence-electron chi connectivity index (χ0n) is 8.97. The number of pyridine rings is 1. The molecular formula is C12H13Cl3N2. The Hall–Kier alpha value is -0.800. The molecule has 2 rings (SSSR count). The largest absolute Gasteiger partial charge is 0.326 e. The van der Waals surface area contributed by atoms with E-state index < -0.39 is 0 Å². The molecular weight excluding hydrogens is 279 g/mol.